The van der Waals surface area contributed by atoms with Crippen molar-refractivity contribution in [1.29, 1.82) is 0 Å². The third-order valence-electron chi connectivity index (χ3n) is 5.30. The highest BCUT2D eigenvalue weighted by Crippen LogP contribution is 2.28. The van der Waals surface area contributed by atoms with Gasteiger partial charge in [0, 0.05) is 56.9 Å². The van der Waals surface area contributed by atoms with E-state index < -0.39 is 0 Å². The number of H-pyrrole nitrogens is 1. The Bertz CT molecular complexity index is 845. The van der Waals surface area contributed by atoms with Gasteiger partial charge in [0.15, 0.2) is 0 Å². The number of fused-ring (bicyclic) bond motifs is 1. The van der Waals surface area contributed by atoms with Crippen LogP contribution in [0.3, 0.4) is 0 Å². The number of aromatic amines is 1. The number of carbonyl (C=O) groups is 2. The number of urea groups is 1. The van der Waals surface area contributed by atoms with Crippen LogP contribution in [0.25, 0.3) is 10.9 Å². The first-order chi connectivity index (χ1) is 12.3. The molecule has 140 valence electrons. The Labute approximate surface area is 154 Å². The van der Waals surface area contributed by atoms with Gasteiger partial charge in [-0.3, -0.25) is 4.79 Å². The van der Waals surface area contributed by atoms with E-state index in [4.69, 9.17) is 0 Å². The molecule has 3 amide bonds. The Morgan fingerprint density at radius 1 is 1.00 bits per heavy atom. The van der Waals surface area contributed by atoms with E-state index in [1.54, 1.807) is 23.9 Å². The van der Waals surface area contributed by atoms with Crippen molar-refractivity contribution in [1.82, 2.24) is 19.7 Å². The predicted molar refractivity (Wildman–Crippen MR) is 103 cm³/mol. The van der Waals surface area contributed by atoms with E-state index >= 15 is 0 Å². The van der Waals surface area contributed by atoms with Crippen molar-refractivity contribution < 1.29 is 9.59 Å². The molecule has 1 aromatic carbocycles. The minimum absolute atomic E-state index is 0.00988. The molecule has 0 atom stereocenters. The summed E-state index contributed by atoms with van der Waals surface area (Å²) in [7, 11) is 3.51. The van der Waals surface area contributed by atoms with Gasteiger partial charge in [0.2, 0.25) is 5.91 Å². The van der Waals surface area contributed by atoms with E-state index in [9.17, 15) is 9.59 Å². The standard InChI is InChI=1S/C20H28N4O2/c1-13-6-7-14(2)19-18(13)16(15(3)21-19)12-17(25)23-8-10-24(11-9-23)20(26)22(4)5/h6-7,21H,8-12H2,1-5H3. The van der Waals surface area contributed by atoms with Crippen molar-refractivity contribution in [2.45, 2.75) is 27.2 Å². The number of amides is 3. The zero-order valence-electron chi connectivity index (χ0n) is 16.3. The Balaban J connectivity index is 1.74. The maximum Gasteiger partial charge on any atom is 0.319 e. The lowest BCUT2D eigenvalue weighted by Crippen LogP contribution is -2.53. The summed E-state index contributed by atoms with van der Waals surface area (Å²) in [6.45, 7) is 8.59. The molecule has 2 aromatic rings. The summed E-state index contributed by atoms with van der Waals surface area (Å²) >= 11 is 0. The number of nitrogens with one attached hydrogen (secondary N) is 1. The predicted octanol–water partition coefficient (Wildman–Crippen LogP) is 2.46. The minimum atomic E-state index is 0.00988. The monoisotopic (exact) mass is 356 g/mol. The molecule has 0 radical (unpaired) electrons. The van der Waals surface area contributed by atoms with Gasteiger partial charge >= 0.3 is 6.03 Å². The van der Waals surface area contributed by atoms with Crippen LogP contribution in [0.5, 0.6) is 0 Å². The van der Waals surface area contributed by atoms with E-state index in [0.717, 1.165) is 16.8 Å². The molecule has 1 aromatic heterocycles. The first kappa shape index (κ1) is 18.3. The number of rotatable bonds is 2. The van der Waals surface area contributed by atoms with E-state index in [-0.39, 0.29) is 11.9 Å². The van der Waals surface area contributed by atoms with Crippen LogP contribution in [-0.4, -0.2) is 71.9 Å². The van der Waals surface area contributed by atoms with Gasteiger partial charge in [0.05, 0.1) is 6.42 Å². The van der Waals surface area contributed by atoms with Crippen molar-refractivity contribution >= 4 is 22.8 Å². The maximum absolute atomic E-state index is 12.9. The van der Waals surface area contributed by atoms with Crippen LogP contribution >= 0.6 is 0 Å². The number of nitrogens with zero attached hydrogens (tertiary/aromatic N) is 3. The van der Waals surface area contributed by atoms with E-state index in [0.29, 0.717) is 32.6 Å². The molecule has 0 saturated carbocycles. The average Bonchev–Trinajstić information content (AvgIpc) is 2.95. The zero-order valence-corrected chi connectivity index (χ0v) is 16.3. The Hall–Kier alpha value is -2.50. The number of hydrogen-bond donors (Lipinski definition) is 1. The van der Waals surface area contributed by atoms with Crippen LogP contribution in [-0.2, 0) is 11.2 Å². The fourth-order valence-corrected chi connectivity index (χ4v) is 3.73. The van der Waals surface area contributed by atoms with Crippen molar-refractivity contribution in [2.24, 2.45) is 0 Å². The molecule has 26 heavy (non-hydrogen) atoms. The second-order valence-corrected chi connectivity index (χ2v) is 7.40. The molecular weight excluding hydrogens is 328 g/mol. The summed E-state index contributed by atoms with van der Waals surface area (Å²) in [6, 6.07) is 4.24. The van der Waals surface area contributed by atoms with Crippen LogP contribution in [0.2, 0.25) is 0 Å². The molecule has 6 heteroatoms. The van der Waals surface area contributed by atoms with E-state index in [1.807, 2.05) is 11.8 Å². The molecular formula is C20H28N4O2. The third kappa shape index (κ3) is 3.28. The Kier molecular flexibility index (Phi) is 4.94. The minimum Gasteiger partial charge on any atom is -0.358 e. The molecule has 3 rings (SSSR count). The van der Waals surface area contributed by atoms with Crippen LogP contribution < -0.4 is 0 Å². The molecule has 1 saturated heterocycles. The molecule has 0 spiro atoms. The molecule has 6 nitrogen and oxygen atoms in total. The lowest BCUT2D eigenvalue weighted by molar-refractivity contribution is -0.131. The van der Waals surface area contributed by atoms with Crippen molar-refractivity contribution in [3.63, 3.8) is 0 Å². The number of carbonyl (C=O) groups excluding carboxylic acids is 2. The second-order valence-electron chi connectivity index (χ2n) is 7.40. The summed E-state index contributed by atoms with van der Waals surface area (Å²) in [5, 5.41) is 1.18. The highest BCUT2D eigenvalue weighted by atomic mass is 16.2. The maximum atomic E-state index is 12.9. The SMILES string of the molecule is Cc1[nH]c2c(C)ccc(C)c2c1CC(=O)N1CCN(C(=O)N(C)C)CC1. The number of benzene rings is 1. The van der Waals surface area contributed by atoms with Gasteiger partial charge in [-0.2, -0.15) is 0 Å². The van der Waals surface area contributed by atoms with Gasteiger partial charge in [-0.25, -0.2) is 4.79 Å². The van der Waals surface area contributed by atoms with Gasteiger partial charge in [-0.05, 0) is 37.5 Å². The van der Waals surface area contributed by atoms with Gasteiger partial charge < -0.3 is 19.7 Å². The highest BCUT2D eigenvalue weighted by molar-refractivity contribution is 5.94. The topological polar surface area (TPSA) is 59.7 Å². The Morgan fingerprint density at radius 3 is 2.19 bits per heavy atom. The average molecular weight is 356 g/mol. The fourth-order valence-electron chi connectivity index (χ4n) is 3.73. The highest BCUT2D eigenvalue weighted by Gasteiger charge is 2.26. The molecule has 0 bridgehead atoms. The number of aromatic nitrogens is 1. The molecule has 2 heterocycles. The summed E-state index contributed by atoms with van der Waals surface area (Å²) < 4.78 is 0. The summed E-state index contributed by atoms with van der Waals surface area (Å²) in [6.07, 6.45) is 0.401. The molecule has 1 aliphatic rings. The summed E-state index contributed by atoms with van der Waals surface area (Å²) in [4.78, 5) is 33.6. The quantitative estimate of drug-likeness (QED) is 0.899. The van der Waals surface area contributed by atoms with Crippen molar-refractivity contribution in [3.05, 3.63) is 34.5 Å². The number of hydrogen-bond acceptors (Lipinski definition) is 2. The lowest BCUT2D eigenvalue weighted by Gasteiger charge is -2.36. The van der Waals surface area contributed by atoms with Crippen LogP contribution in [0.1, 0.15) is 22.4 Å². The molecule has 1 N–H and O–H groups in total. The van der Waals surface area contributed by atoms with Gasteiger partial charge in [0.1, 0.15) is 0 Å². The first-order valence-electron chi connectivity index (χ1n) is 9.11. The molecule has 1 aliphatic heterocycles. The summed E-state index contributed by atoms with van der Waals surface area (Å²) in [5.41, 5.74) is 5.68. The van der Waals surface area contributed by atoms with Crippen LogP contribution in [0.4, 0.5) is 4.79 Å². The Morgan fingerprint density at radius 2 is 1.58 bits per heavy atom. The van der Waals surface area contributed by atoms with E-state index in [2.05, 4.69) is 31.0 Å². The normalized spacial score (nSPS) is 14.8. The van der Waals surface area contributed by atoms with Gasteiger partial charge in [-0.1, -0.05) is 12.1 Å². The zero-order chi connectivity index (χ0) is 19.0. The summed E-state index contributed by atoms with van der Waals surface area (Å²) in [5.74, 6) is 0.131. The van der Waals surface area contributed by atoms with E-state index in [1.165, 1.54) is 16.5 Å². The van der Waals surface area contributed by atoms with Gasteiger partial charge in [-0.15, -0.1) is 0 Å². The van der Waals surface area contributed by atoms with Crippen LogP contribution in [0.15, 0.2) is 12.1 Å². The molecule has 1 fully saturated rings. The fraction of sp³-hybridized carbons (Fsp3) is 0.500. The second kappa shape index (κ2) is 7.02. The smallest absolute Gasteiger partial charge is 0.319 e. The van der Waals surface area contributed by atoms with Gasteiger partial charge in [0.25, 0.3) is 0 Å². The molecule has 0 aliphatic carbocycles. The van der Waals surface area contributed by atoms with Crippen molar-refractivity contribution in [3.8, 4) is 0 Å². The molecule has 0 unspecified atom stereocenters. The largest absolute Gasteiger partial charge is 0.358 e. The number of aryl methyl sites for hydroxylation is 3. The van der Waals surface area contributed by atoms with Crippen LogP contribution in [0, 0.1) is 20.8 Å². The third-order valence-corrected chi connectivity index (χ3v) is 5.30. The number of piperazine rings is 1. The first-order valence-corrected chi connectivity index (χ1v) is 9.11. The van der Waals surface area contributed by atoms with Crippen molar-refractivity contribution in [2.75, 3.05) is 40.3 Å². The lowest BCUT2D eigenvalue weighted by atomic mass is 10.0.